The van der Waals surface area contributed by atoms with E-state index in [0.717, 1.165) is 24.8 Å². The van der Waals surface area contributed by atoms with E-state index >= 15 is 0 Å². The van der Waals surface area contributed by atoms with Crippen LogP contribution in [0.1, 0.15) is 16.7 Å². The number of aliphatic hydroxyl groups is 1. The number of hydrogen-bond acceptors (Lipinski definition) is 3. The van der Waals surface area contributed by atoms with E-state index in [1.807, 2.05) is 29.2 Å². The van der Waals surface area contributed by atoms with E-state index in [9.17, 15) is 9.90 Å². The molecule has 24 heavy (non-hydrogen) atoms. The smallest absolute Gasteiger partial charge is 0.226 e. The van der Waals surface area contributed by atoms with E-state index in [-0.39, 0.29) is 17.7 Å². The van der Waals surface area contributed by atoms with Crippen molar-refractivity contribution in [3.05, 3.63) is 65.5 Å². The molecule has 124 valence electrons. The molecule has 1 aromatic heterocycles. The van der Waals surface area contributed by atoms with Gasteiger partial charge in [-0.2, -0.15) is 0 Å². The molecule has 2 aromatic rings. The van der Waals surface area contributed by atoms with E-state index in [4.69, 9.17) is 0 Å². The Hall–Kier alpha value is -2.20. The van der Waals surface area contributed by atoms with Crippen molar-refractivity contribution in [2.45, 2.75) is 25.4 Å². The molecule has 1 fully saturated rings. The second kappa shape index (κ2) is 6.36. The Balaban J connectivity index is 1.40. The first kappa shape index (κ1) is 15.3. The summed E-state index contributed by atoms with van der Waals surface area (Å²) in [5.41, 5.74) is 3.75. The first-order valence-electron chi connectivity index (χ1n) is 8.63. The van der Waals surface area contributed by atoms with Gasteiger partial charge in [0.2, 0.25) is 5.91 Å². The molecule has 0 radical (unpaired) electrons. The third kappa shape index (κ3) is 2.94. The number of nitrogens with zero attached hydrogens (tertiary/aromatic N) is 2. The number of rotatable bonds is 3. The third-order valence-corrected chi connectivity index (χ3v) is 5.37. The summed E-state index contributed by atoms with van der Waals surface area (Å²) in [5.74, 6) is 0.344. The quantitative estimate of drug-likeness (QED) is 0.938. The number of fused-ring (bicyclic) bond motifs is 1. The van der Waals surface area contributed by atoms with Gasteiger partial charge in [0.15, 0.2) is 0 Å². The van der Waals surface area contributed by atoms with Crippen LogP contribution in [0.4, 0.5) is 0 Å². The molecule has 1 amide bonds. The zero-order chi connectivity index (χ0) is 16.5. The molecular formula is C20H22N2O2. The maximum atomic E-state index is 12.9. The van der Waals surface area contributed by atoms with Crippen molar-refractivity contribution in [1.29, 1.82) is 0 Å². The van der Waals surface area contributed by atoms with Crippen molar-refractivity contribution < 1.29 is 9.90 Å². The van der Waals surface area contributed by atoms with Gasteiger partial charge in [-0.1, -0.05) is 24.3 Å². The summed E-state index contributed by atoms with van der Waals surface area (Å²) in [6.45, 7) is 1.11. The van der Waals surface area contributed by atoms with Crippen molar-refractivity contribution >= 4 is 5.91 Å². The molecule has 2 atom stereocenters. The van der Waals surface area contributed by atoms with Gasteiger partial charge in [0.05, 0.1) is 6.10 Å². The van der Waals surface area contributed by atoms with Gasteiger partial charge in [0.1, 0.15) is 0 Å². The van der Waals surface area contributed by atoms with Crippen LogP contribution in [0.15, 0.2) is 48.8 Å². The van der Waals surface area contributed by atoms with Gasteiger partial charge in [-0.25, -0.2) is 0 Å². The summed E-state index contributed by atoms with van der Waals surface area (Å²) < 4.78 is 0. The lowest BCUT2D eigenvalue weighted by Crippen LogP contribution is -2.35. The third-order valence-electron chi connectivity index (χ3n) is 5.37. The largest absolute Gasteiger partial charge is 0.391 e. The molecule has 2 aliphatic rings. The van der Waals surface area contributed by atoms with Crippen molar-refractivity contribution in [2.24, 2.45) is 11.8 Å². The Labute approximate surface area is 142 Å². The number of amides is 1. The molecule has 4 rings (SSSR count). The molecule has 0 unspecified atom stereocenters. The zero-order valence-corrected chi connectivity index (χ0v) is 13.6. The summed E-state index contributed by atoms with van der Waals surface area (Å²) >= 11 is 0. The Morgan fingerprint density at radius 3 is 2.42 bits per heavy atom. The lowest BCUT2D eigenvalue weighted by molar-refractivity contribution is -0.134. The van der Waals surface area contributed by atoms with Crippen molar-refractivity contribution in [1.82, 2.24) is 9.88 Å². The molecule has 4 nitrogen and oxygen atoms in total. The van der Waals surface area contributed by atoms with Crippen LogP contribution in [0.25, 0.3) is 0 Å². The van der Waals surface area contributed by atoms with Crippen LogP contribution < -0.4 is 0 Å². The Kier molecular flexibility index (Phi) is 4.07. The van der Waals surface area contributed by atoms with E-state index in [1.54, 1.807) is 12.4 Å². The Bertz CT molecular complexity index is 706. The number of hydrogen-bond donors (Lipinski definition) is 1. The maximum absolute atomic E-state index is 12.9. The highest BCUT2D eigenvalue weighted by molar-refractivity contribution is 5.80. The average Bonchev–Trinajstić information content (AvgIpc) is 3.19. The topological polar surface area (TPSA) is 53.4 Å². The average molecular weight is 322 g/mol. The predicted octanol–water partition coefficient (Wildman–Crippen LogP) is 1.86. The molecule has 2 heterocycles. The van der Waals surface area contributed by atoms with Crippen molar-refractivity contribution in [3.8, 4) is 0 Å². The molecule has 0 spiro atoms. The van der Waals surface area contributed by atoms with Gasteiger partial charge in [-0.15, -0.1) is 0 Å². The number of aliphatic hydroxyl groups excluding tert-OH is 1. The predicted molar refractivity (Wildman–Crippen MR) is 91.4 cm³/mol. The Morgan fingerprint density at radius 2 is 1.75 bits per heavy atom. The van der Waals surface area contributed by atoms with Gasteiger partial charge in [-0.05, 0) is 48.1 Å². The number of aromatic nitrogens is 1. The first-order valence-corrected chi connectivity index (χ1v) is 8.63. The summed E-state index contributed by atoms with van der Waals surface area (Å²) in [5, 5.41) is 10.4. The van der Waals surface area contributed by atoms with Gasteiger partial charge in [0, 0.05) is 37.3 Å². The summed E-state index contributed by atoms with van der Waals surface area (Å²) in [7, 11) is 0. The molecule has 1 aliphatic heterocycles. The second-order valence-electron chi connectivity index (χ2n) is 7.00. The number of pyridine rings is 1. The molecule has 4 heteroatoms. The minimum absolute atomic E-state index is 0.0364. The van der Waals surface area contributed by atoms with Crippen LogP contribution >= 0.6 is 0 Å². The van der Waals surface area contributed by atoms with E-state index in [1.165, 1.54) is 11.1 Å². The number of benzene rings is 1. The summed E-state index contributed by atoms with van der Waals surface area (Å²) in [6, 6.07) is 12.3. The molecule has 1 N–H and O–H groups in total. The van der Waals surface area contributed by atoms with Crippen LogP contribution in [-0.4, -0.2) is 40.1 Å². The maximum Gasteiger partial charge on any atom is 0.226 e. The van der Waals surface area contributed by atoms with Crippen LogP contribution in [0.5, 0.6) is 0 Å². The number of carbonyl (C=O) groups is 1. The summed E-state index contributed by atoms with van der Waals surface area (Å²) in [6.07, 6.45) is 5.56. The number of carbonyl (C=O) groups excluding carboxylic acids is 1. The van der Waals surface area contributed by atoms with Gasteiger partial charge >= 0.3 is 0 Å². The van der Waals surface area contributed by atoms with Gasteiger partial charge in [-0.3, -0.25) is 9.78 Å². The first-order chi connectivity index (χ1) is 11.7. The minimum atomic E-state index is -0.439. The number of likely N-dealkylation sites (tertiary alicyclic amines) is 1. The second-order valence-corrected chi connectivity index (χ2v) is 7.00. The van der Waals surface area contributed by atoms with Crippen molar-refractivity contribution in [3.63, 3.8) is 0 Å². The van der Waals surface area contributed by atoms with Crippen LogP contribution in [0.3, 0.4) is 0 Å². The molecule has 0 bridgehead atoms. The minimum Gasteiger partial charge on any atom is -0.391 e. The highest BCUT2D eigenvalue weighted by Crippen LogP contribution is 2.30. The van der Waals surface area contributed by atoms with Gasteiger partial charge < -0.3 is 10.0 Å². The standard InChI is InChI=1S/C20H22N2O2/c23-19-13-22(12-18(19)9-14-5-7-21-8-6-14)20(24)17-10-15-3-1-2-4-16(15)11-17/h1-8,17-19,23H,9-13H2/t18-,19-/m1/s1. The molecule has 1 aliphatic carbocycles. The van der Waals surface area contributed by atoms with Crippen LogP contribution in [0.2, 0.25) is 0 Å². The van der Waals surface area contributed by atoms with E-state index < -0.39 is 6.10 Å². The lowest BCUT2D eigenvalue weighted by Gasteiger charge is -2.20. The van der Waals surface area contributed by atoms with Crippen LogP contribution in [0, 0.1) is 11.8 Å². The molecule has 1 saturated heterocycles. The molecule has 1 aromatic carbocycles. The zero-order valence-electron chi connectivity index (χ0n) is 13.6. The lowest BCUT2D eigenvalue weighted by atomic mass is 9.97. The fourth-order valence-electron chi connectivity index (χ4n) is 4.05. The van der Waals surface area contributed by atoms with E-state index in [2.05, 4.69) is 17.1 Å². The highest BCUT2D eigenvalue weighted by Gasteiger charge is 2.38. The molecule has 0 saturated carbocycles. The van der Waals surface area contributed by atoms with E-state index in [0.29, 0.717) is 13.1 Å². The fourth-order valence-corrected chi connectivity index (χ4v) is 4.05. The molecular weight excluding hydrogens is 300 g/mol. The number of β-amino-alcohol motifs (C(OH)–C–C–N with tert-alkyl or cyclic N) is 1. The Morgan fingerprint density at radius 1 is 1.08 bits per heavy atom. The van der Waals surface area contributed by atoms with Crippen LogP contribution in [-0.2, 0) is 24.1 Å². The monoisotopic (exact) mass is 322 g/mol. The fraction of sp³-hybridized carbons (Fsp3) is 0.400. The van der Waals surface area contributed by atoms with Crippen molar-refractivity contribution in [2.75, 3.05) is 13.1 Å². The normalized spacial score (nSPS) is 23.5. The highest BCUT2D eigenvalue weighted by atomic mass is 16.3. The van der Waals surface area contributed by atoms with Gasteiger partial charge in [0.25, 0.3) is 0 Å². The summed E-state index contributed by atoms with van der Waals surface area (Å²) in [4.78, 5) is 18.8. The SMILES string of the molecule is O=C(C1Cc2ccccc2C1)N1C[C@@H](Cc2ccncc2)[C@H](O)C1.